The predicted molar refractivity (Wildman–Crippen MR) is 72.5 cm³/mol. The summed E-state index contributed by atoms with van der Waals surface area (Å²) in [6, 6.07) is -0.0472. The summed E-state index contributed by atoms with van der Waals surface area (Å²) >= 11 is 0. The van der Waals surface area contributed by atoms with Crippen LogP contribution in [-0.4, -0.2) is 66.4 Å². The van der Waals surface area contributed by atoms with Gasteiger partial charge in [0.05, 0.1) is 6.54 Å². The first kappa shape index (κ1) is 14.3. The van der Waals surface area contributed by atoms with E-state index in [0.29, 0.717) is 25.7 Å². The first-order valence-corrected chi connectivity index (χ1v) is 7.13. The summed E-state index contributed by atoms with van der Waals surface area (Å²) in [4.78, 5) is 27.6. The standard InChI is InChI=1S/C13H24N4O2/c1-10-4-2-3-6-17(10)12(18)9-16-7-5-15-8-11(16)13(14)19/h10-11,15H,2-9H2,1H3,(H2,14,19). The lowest BCUT2D eigenvalue weighted by atomic mass is 10.0. The lowest BCUT2D eigenvalue weighted by Crippen LogP contribution is -2.59. The van der Waals surface area contributed by atoms with Gasteiger partial charge in [0.15, 0.2) is 0 Å². The van der Waals surface area contributed by atoms with Crippen LogP contribution >= 0.6 is 0 Å². The fraction of sp³-hybridized carbons (Fsp3) is 0.846. The average Bonchev–Trinajstić information content (AvgIpc) is 2.39. The van der Waals surface area contributed by atoms with Crippen molar-refractivity contribution in [2.45, 2.75) is 38.3 Å². The SMILES string of the molecule is CC1CCCCN1C(=O)CN1CCNCC1C(N)=O. The van der Waals surface area contributed by atoms with E-state index in [4.69, 9.17) is 5.73 Å². The number of carbonyl (C=O) groups is 2. The van der Waals surface area contributed by atoms with E-state index in [9.17, 15) is 9.59 Å². The van der Waals surface area contributed by atoms with Crippen molar-refractivity contribution in [3.63, 3.8) is 0 Å². The highest BCUT2D eigenvalue weighted by Crippen LogP contribution is 2.17. The smallest absolute Gasteiger partial charge is 0.237 e. The van der Waals surface area contributed by atoms with Gasteiger partial charge in [0.2, 0.25) is 11.8 Å². The normalized spacial score (nSPS) is 29.2. The number of nitrogens with zero attached hydrogens (tertiary/aromatic N) is 2. The van der Waals surface area contributed by atoms with Gasteiger partial charge in [-0.2, -0.15) is 0 Å². The van der Waals surface area contributed by atoms with Gasteiger partial charge in [-0.3, -0.25) is 14.5 Å². The molecule has 2 saturated heterocycles. The average molecular weight is 268 g/mol. The van der Waals surface area contributed by atoms with Crippen molar-refractivity contribution in [1.29, 1.82) is 0 Å². The Labute approximate surface area is 114 Å². The Morgan fingerprint density at radius 2 is 2.11 bits per heavy atom. The van der Waals surface area contributed by atoms with E-state index in [1.54, 1.807) is 0 Å². The Kier molecular flexibility index (Phi) is 4.76. The molecule has 2 fully saturated rings. The Morgan fingerprint density at radius 1 is 1.32 bits per heavy atom. The molecule has 2 unspecified atom stereocenters. The Morgan fingerprint density at radius 3 is 2.79 bits per heavy atom. The lowest BCUT2D eigenvalue weighted by Gasteiger charge is -2.38. The molecule has 19 heavy (non-hydrogen) atoms. The monoisotopic (exact) mass is 268 g/mol. The summed E-state index contributed by atoms with van der Waals surface area (Å²) in [5.74, 6) is -0.230. The van der Waals surface area contributed by atoms with Crippen LogP contribution in [0.1, 0.15) is 26.2 Å². The van der Waals surface area contributed by atoms with E-state index in [-0.39, 0.29) is 17.9 Å². The second kappa shape index (κ2) is 6.34. The van der Waals surface area contributed by atoms with E-state index in [1.165, 1.54) is 6.42 Å². The molecule has 0 aromatic heterocycles. The number of nitrogens with two attached hydrogens (primary N) is 1. The first-order valence-electron chi connectivity index (χ1n) is 7.13. The van der Waals surface area contributed by atoms with Crippen molar-refractivity contribution in [3.8, 4) is 0 Å². The largest absolute Gasteiger partial charge is 0.368 e. The number of carbonyl (C=O) groups excluding carboxylic acids is 2. The first-order chi connectivity index (χ1) is 9.09. The van der Waals surface area contributed by atoms with Gasteiger partial charge in [0, 0.05) is 32.2 Å². The van der Waals surface area contributed by atoms with Gasteiger partial charge < -0.3 is 16.0 Å². The molecular weight excluding hydrogens is 244 g/mol. The molecule has 108 valence electrons. The van der Waals surface area contributed by atoms with E-state index >= 15 is 0 Å². The number of rotatable bonds is 3. The molecule has 3 N–H and O–H groups in total. The van der Waals surface area contributed by atoms with Crippen LogP contribution < -0.4 is 11.1 Å². The van der Waals surface area contributed by atoms with Crippen LogP contribution in [0, 0.1) is 0 Å². The molecule has 0 aromatic rings. The lowest BCUT2D eigenvalue weighted by molar-refractivity contribution is -0.137. The Hall–Kier alpha value is -1.14. The van der Waals surface area contributed by atoms with Crippen LogP contribution in [0.4, 0.5) is 0 Å². The molecule has 0 radical (unpaired) electrons. The molecule has 2 atom stereocenters. The second-order valence-electron chi connectivity index (χ2n) is 5.52. The molecule has 0 bridgehead atoms. The quantitative estimate of drug-likeness (QED) is 0.698. The highest BCUT2D eigenvalue weighted by atomic mass is 16.2. The number of likely N-dealkylation sites (tertiary alicyclic amines) is 1. The van der Waals surface area contributed by atoms with Crippen molar-refractivity contribution in [2.24, 2.45) is 5.73 Å². The summed E-state index contributed by atoms with van der Waals surface area (Å²) in [6.07, 6.45) is 3.35. The molecule has 0 aliphatic carbocycles. The number of hydrogen-bond acceptors (Lipinski definition) is 4. The predicted octanol–water partition coefficient (Wildman–Crippen LogP) is -0.853. The molecule has 2 rings (SSSR count). The maximum Gasteiger partial charge on any atom is 0.237 e. The van der Waals surface area contributed by atoms with Gasteiger partial charge >= 0.3 is 0 Å². The molecule has 0 spiro atoms. The fourth-order valence-corrected chi connectivity index (χ4v) is 2.95. The number of amides is 2. The molecule has 0 saturated carbocycles. The number of piperidine rings is 1. The van der Waals surface area contributed by atoms with Crippen LogP contribution in [0.15, 0.2) is 0 Å². The molecular formula is C13H24N4O2. The Balaban J connectivity index is 1.94. The van der Waals surface area contributed by atoms with Gasteiger partial charge in [-0.25, -0.2) is 0 Å². The maximum absolute atomic E-state index is 12.4. The van der Waals surface area contributed by atoms with E-state index < -0.39 is 0 Å². The topological polar surface area (TPSA) is 78.7 Å². The second-order valence-corrected chi connectivity index (χ2v) is 5.52. The van der Waals surface area contributed by atoms with Gasteiger partial charge in [-0.15, -0.1) is 0 Å². The summed E-state index contributed by atoms with van der Waals surface area (Å²) in [5.41, 5.74) is 5.39. The van der Waals surface area contributed by atoms with E-state index in [0.717, 1.165) is 25.9 Å². The van der Waals surface area contributed by atoms with Gasteiger partial charge in [0.1, 0.15) is 6.04 Å². The molecule has 6 nitrogen and oxygen atoms in total. The molecule has 0 aromatic carbocycles. The van der Waals surface area contributed by atoms with Crippen LogP contribution in [-0.2, 0) is 9.59 Å². The highest BCUT2D eigenvalue weighted by molar-refractivity contribution is 5.83. The van der Waals surface area contributed by atoms with Crippen LogP contribution in [0.25, 0.3) is 0 Å². The molecule has 2 aliphatic heterocycles. The maximum atomic E-state index is 12.4. The minimum atomic E-state index is -0.363. The number of nitrogens with one attached hydrogen (secondary N) is 1. The third-order valence-corrected chi connectivity index (χ3v) is 4.14. The van der Waals surface area contributed by atoms with E-state index in [1.807, 2.05) is 9.80 Å². The van der Waals surface area contributed by atoms with Gasteiger partial charge in [-0.05, 0) is 26.2 Å². The minimum absolute atomic E-state index is 0.125. The highest BCUT2D eigenvalue weighted by Gasteiger charge is 2.31. The van der Waals surface area contributed by atoms with Gasteiger partial charge in [-0.1, -0.05) is 0 Å². The van der Waals surface area contributed by atoms with Crippen LogP contribution in [0.3, 0.4) is 0 Å². The number of primary amides is 1. The van der Waals surface area contributed by atoms with Crippen molar-refractivity contribution in [1.82, 2.24) is 15.1 Å². The van der Waals surface area contributed by atoms with Crippen molar-refractivity contribution < 1.29 is 9.59 Å². The minimum Gasteiger partial charge on any atom is -0.368 e. The zero-order valence-electron chi connectivity index (χ0n) is 11.6. The summed E-state index contributed by atoms with van der Waals surface area (Å²) < 4.78 is 0. The summed E-state index contributed by atoms with van der Waals surface area (Å²) in [5, 5.41) is 3.14. The molecule has 2 amide bonds. The van der Waals surface area contributed by atoms with Crippen molar-refractivity contribution in [2.75, 3.05) is 32.7 Å². The van der Waals surface area contributed by atoms with E-state index in [2.05, 4.69) is 12.2 Å². The van der Waals surface area contributed by atoms with Crippen LogP contribution in [0.5, 0.6) is 0 Å². The summed E-state index contributed by atoms with van der Waals surface area (Å²) in [7, 11) is 0. The zero-order chi connectivity index (χ0) is 13.8. The third-order valence-electron chi connectivity index (χ3n) is 4.14. The fourth-order valence-electron chi connectivity index (χ4n) is 2.95. The Bertz CT molecular complexity index is 348. The third kappa shape index (κ3) is 3.45. The number of piperazine rings is 1. The molecule has 2 heterocycles. The zero-order valence-corrected chi connectivity index (χ0v) is 11.6. The van der Waals surface area contributed by atoms with Gasteiger partial charge in [0.25, 0.3) is 0 Å². The number of hydrogen-bond donors (Lipinski definition) is 2. The van der Waals surface area contributed by atoms with Crippen molar-refractivity contribution in [3.05, 3.63) is 0 Å². The van der Waals surface area contributed by atoms with Crippen LogP contribution in [0.2, 0.25) is 0 Å². The summed E-state index contributed by atoms with van der Waals surface area (Å²) in [6.45, 7) is 5.28. The molecule has 2 aliphatic rings. The van der Waals surface area contributed by atoms with Crippen molar-refractivity contribution >= 4 is 11.8 Å². The molecule has 6 heteroatoms.